The molecule has 29 heavy (non-hydrogen) atoms. The zero-order valence-corrected chi connectivity index (χ0v) is 14.7. The van der Waals surface area contributed by atoms with Gasteiger partial charge < -0.3 is 11.1 Å². The van der Waals surface area contributed by atoms with Crippen LogP contribution in [0.1, 0.15) is 30.1 Å². The minimum atomic E-state index is -4.94. The number of halogens is 5. The van der Waals surface area contributed by atoms with E-state index in [-0.39, 0.29) is 34.8 Å². The van der Waals surface area contributed by atoms with E-state index in [1.54, 1.807) is 0 Å². The number of aromatic nitrogens is 3. The monoisotopic (exact) mass is 411 g/mol. The first-order chi connectivity index (χ1) is 13.7. The van der Waals surface area contributed by atoms with Crippen LogP contribution in [-0.2, 0) is 12.7 Å². The van der Waals surface area contributed by atoms with Gasteiger partial charge in [0.05, 0.1) is 5.69 Å². The smallest absolute Gasteiger partial charge is 0.397 e. The van der Waals surface area contributed by atoms with Gasteiger partial charge in [-0.3, -0.25) is 9.36 Å². The van der Waals surface area contributed by atoms with Crippen LogP contribution < -0.4 is 16.6 Å². The molecule has 0 bridgehead atoms. The van der Waals surface area contributed by atoms with Crippen LogP contribution in [0.4, 0.5) is 33.5 Å². The molecule has 0 saturated heterocycles. The second-order valence-electron chi connectivity index (χ2n) is 6.69. The molecule has 2 heterocycles. The van der Waals surface area contributed by atoms with Crippen LogP contribution >= 0.6 is 0 Å². The van der Waals surface area contributed by atoms with Crippen LogP contribution in [-0.4, -0.2) is 14.5 Å². The van der Waals surface area contributed by atoms with E-state index in [1.807, 2.05) is 0 Å². The Morgan fingerprint density at radius 1 is 1.17 bits per heavy atom. The molecule has 0 atom stereocenters. The van der Waals surface area contributed by atoms with Crippen LogP contribution in [0.25, 0.3) is 11.2 Å². The first-order valence-corrected chi connectivity index (χ1v) is 8.63. The van der Waals surface area contributed by atoms with E-state index in [0.717, 1.165) is 16.7 Å². The summed E-state index contributed by atoms with van der Waals surface area (Å²) in [5.74, 6) is -1.48. The van der Waals surface area contributed by atoms with Crippen molar-refractivity contribution >= 4 is 22.7 Å². The van der Waals surface area contributed by atoms with Gasteiger partial charge >= 0.3 is 6.18 Å². The fourth-order valence-corrected chi connectivity index (χ4v) is 3.02. The second kappa shape index (κ2) is 6.68. The molecule has 0 aliphatic heterocycles. The van der Waals surface area contributed by atoms with E-state index in [2.05, 4.69) is 15.3 Å². The number of rotatable bonds is 4. The highest BCUT2D eigenvalue weighted by Gasteiger charge is 2.40. The Bertz CT molecular complexity index is 1150. The van der Waals surface area contributed by atoms with Gasteiger partial charge in [0.1, 0.15) is 23.0 Å². The molecular formula is C18H14F5N5O. The molecule has 0 spiro atoms. The van der Waals surface area contributed by atoms with Crippen molar-refractivity contribution in [1.29, 1.82) is 0 Å². The average molecular weight is 411 g/mol. The van der Waals surface area contributed by atoms with Gasteiger partial charge in [-0.2, -0.15) is 13.2 Å². The molecule has 1 aromatic carbocycles. The number of nitrogens with zero attached hydrogens (tertiary/aromatic N) is 3. The fourth-order valence-electron chi connectivity index (χ4n) is 3.02. The number of pyridine rings is 1. The molecule has 1 aliphatic rings. The number of nitrogens with two attached hydrogens (primary N) is 1. The first-order valence-electron chi connectivity index (χ1n) is 8.63. The van der Waals surface area contributed by atoms with E-state index >= 15 is 0 Å². The van der Waals surface area contributed by atoms with E-state index in [9.17, 15) is 26.7 Å². The lowest BCUT2D eigenvalue weighted by molar-refractivity contribution is -0.142. The zero-order chi connectivity index (χ0) is 20.9. The maximum Gasteiger partial charge on any atom is 0.438 e. The Balaban J connectivity index is 1.81. The van der Waals surface area contributed by atoms with E-state index in [0.29, 0.717) is 12.8 Å². The van der Waals surface area contributed by atoms with Crippen LogP contribution in [0.3, 0.4) is 0 Å². The largest absolute Gasteiger partial charge is 0.438 e. The van der Waals surface area contributed by atoms with Gasteiger partial charge in [0.15, 0.2) is 5.65 Å². The predicted molar refractivity (Wildman–Crippen MR) is 95.2 cm³/mol. The second-order valence-corrected chi connectivity index (χ2v) is 6.69. The van der Waals surface area contributed by atoms with Crippen molar-refractivity contribution in [3.8, 4) is 0 Å². The zero-order valence-electron chi connectivity index (χ0n) is 14.7. The summed E-state index contributed by atoms with van der Waals surface area (Å²) in [5, 5.41) is 2.69. The third-order valence-corrected chi connectivity index (χ3v) is 4.57. The summed E-state index contributed by atoms with van der Waals surface area (Å²) in [6.07, 6.45) is -3.89. The Morgan fingerprint density at radius 2 is 1.83 bits per heavy atom. The lowest BCUT2D eigenvalue weighted by Crippen LogP contribution is -2.31. The van der Waals surface area contributed by atoms with Crippen LogP contribution in [0.15, 0.2) is 29.1 Å². The molecule has 1 fully saturated rings. The predicted octanol–water partition coefficient (Wildman–Crippen LogP) is 3.62. The van der Waals surface area contributed by atoms with Gasteiger partial charge in [-0.05, 0) is 25.0 Å². The Hall–Kier alpha value is -3.24. The number of anilines is 2. The number of nitrogens with one attached hydrogen (secondary N) is 1. The van der Waals surface area contributed by atoms with Crippen molar-refractivity contribution in [2.75, 3.05) is 11.1 Å². The number of hydrogen-bond acceptors (Lipinski definition) is 5. The van der Waals surface area contributed by atoms with Gasteiger partial charge in [-0.1, -0.05) is 6.07 Å². The highest BCUT2D eigenvalue weighted by Crippen LogP contribution is 2.37. The molecule has 6 nitrogen and oxygen atoms in total. The molecule has 152 valence electrons. The highest BCUT2D eigenvalue weighted by molar-refractivity contribution is 5.86. The van der Waals surface area contributed by atoms with Crippen molar-refractivity contribution in [1.82, 2.24) is 14.5 Å². The van der Waals surface area contributed by atoms with Crippen molar-refractivity contribution < 1.29 is 22.0 Å². The van der Waals surface area contributed by atoms with E-state index in [4.69, 9.17) is 5.73 Å². The van der Waals surface area contributed by atoms with Crippen molar-refractivity contribution in [2.24, 2.45) is 0 Å². The van der Waals surface area contributed by atoms with Crippen molar-refractivity contribution in [2.45, 2.75) is 31.6 Å². The van der Waals surface area contributed by atoms with E-state index < -0.39 is 35.1 Å². The Morgan fingerprint density at radius 3 is 2.41 bits per heavy atom. The fraction of sp³-hybridized carbons (Fsp3) is 0.278. The summed E-state index contributed by atoms with van der Waals surface area (Å²) in [5.41, 5.74) is 2.26. The van der Waals surface area contributed by atoms with Crippen molar-refractivity contribution in [3.05, 3.63) is 57.5 Å². The Labute approximate surface area is 160 Å². The molecule has 0 radical (unpaired) electrons. The summed E-state index contributed by atoms with van der Waals surface area (Å²) in [6, 6.07) is 4.18. The standard InChI is InChI=1S/C18H14F5N5O/c19-10-2-1-3-11(20)9(10)7-25-13-6-12(24)14-16(26-13)28(8-4-5-8)17(29)15(27-14)18(21,22)23/h1-3,6,8H,4-5,7H2,(H3,24,25,26). The van der Waals surface area contributed by atoms with E-state index in [1.165, 1.54) is 12.1 Å². The number of nitrogen functional groups attached to an aromatic ring is 1. The van der Waals surface area contributed by atoms with Crippen LogP contribution in [0, 0.1) is 11.6 Å². The number of benzene rings is 1. The maximum absolute atomic E-state index is 13.8. The molecule has 0 amide bonds. The summed E-state index contributed by atoms with van der Waals surface area (Å²) in [7, 11) is 0. The molecule has 11 heteroatoms. The lowest BCUT2D eigenvalue weighted by atomic mass is 10.2. The topological polar surface area (TPSA) is 85.8 Å². The van der Waals surface area contributed by atoms with Gasteiger partial charge in [-0.15, -0.1) is 0 Å². The molecule has 3 aromatic rings. The number of hydrogen-bond donors (Lipinski definition) is 2. The average Bonchev–Trinajstić information content (AvgIpc) is 3.44. The third kappa shape index (κ3) is 3.47. The number of alkyl halides is 3. The molecule has 1 saturated carbocycles. The SMILES string of the molecule is Nc1cc(NCc2c(F)cccc2F)nc2c1nc(C(F)(F)F)c(=O)n2C1CC1. The normalized spacial score (nSPS) is 14.4. The van der Waals surface area contributed by atoms with Gasteiger partial charge in [0.2, 0.25) is 5.69 Å². The summed E-state index contributed by atoms with van der Waals surface area (Å²) in [6.45, 7) is -0.280. The number of fused-ring (bicyclic) bond motifs is 1. The minimum Gasteiger partial charge on any atom is -0.397 e. The van der Waals surface area contributed by atoms with Crippen LogP contribution in [0.5, 0.6) is 0 Å². The molecule has 2 aromatic heterocycles. The quantitative estimate of drug-likeness (QED) is 0.641. The van der Waals surface area contributed by atoms with Crippen molar-refractivity contribution in [3.63, 3.8) is 0 Å². The summed E-state index contributed by atoms with van der Waals surface area (Å²) < 4.78 is 68.2. The van der Waals surface area contributed by atoms with Gasteiger partial charge in [0, 0.05) is 24.2 Å². The molecule has 4 rings (SSSR count). The molecule has 0 unspecified atom stereocenters. The van der Waals surface area contributed by atoms with Gasteiger partial charge in [0.25, 0.3) is 5.56 Å². The molecular weight excluding hydrogens is 397 g/mol. The molecule has 1 aliphatic carbocycles. The summed E-state index contributed by atoms with van der Waals surface area (Å²) in [4.78, 5) is 19.9. The Kier molecular flexibility index (Phi) is 4.39. The van der Waals surface area contributed by atoms with Crippen LogP contribution in [0.2, 0.25) is 0 Å². The minimum absolute atomic E-state index is 0.0491. The maximum atomic E-state index is 13.8. The van der Waals surface area contributed by atoms with Gasteiger partial charge in [-0.25, -0.2) is 18.7 Å². The molecule has 3 N–H and O–H groups in total. The first kappa shape index (κ1) is 19.1. The summed E-state index contributed by atoms with van der Waals surface area (Å²) >= 11 is 0. The lowest BCUT2D eigenvalue weighted by Gasteiger charge is -2.15. The third-order valence-electron chi connectivity index (χ3n) is 4.57. The highest BCUT2D eigenvalue weighted by atomic mass is 19.4.